The van der Waals surface area contributed by atoms with Crippen LogP contribution >= 0.6 is 0 Å². The molecule has 4 aromatic rings. The molecule has 8 nitrogen and oxygen atoms in total. The number of carbonyl (C=O) groups is 1. The Morgan fingerprint density at radius 2 is 1.53 bits per heavy atom. The van der Waals surface area contributed by atoms with Crippen molar-refractivity contribution in [1.29, 1.82) is 0 Å². The Morgan fingerprint density at radius 1 is 0.895 bits per heavy atom. The molecule has 1 aromatic heterocycles. The number of rotatable bonds is 8. The largest absolute Gasteiger partial charge is 0.354 e. The molecule has 1 saturated heterocycles. The van der Waals surface area contributed by atoms with Crippen molar-refractivity contribution in [2.45, 2.75) is 0 Å². The predicted octanol–water partition coefficient (Wildman–Crippen LogP) is 4.90. The van der Waals surface area contributed by atoms with E-state index in [1.54, 1.807) is 24.3 Å². The average molecular weight is 510 g/mol. The first-order valence-electron chi connectivity index (χ1n) is 12.8. The van der Waals surface area contributed by atoms with Crippen LogP contribution in [0.3, 0.4) is 0 Å². The van der Waals surface area contributed by atoms with E-state index in [-0.39, 0.29) is 11.6 Å². The first-order valence-corrected chi connectivity index (χ1v) is 12.8. The molecule has 0 spiro atoms. The molecule has 0 bridgehead atoms. The van der Waals surface area contributed by atoms with Gasteiger partial charge in [0.15, 0.2) is 0 Å². The minimum atomic E-state index is -0.417. The molecule has 2 heterocycles. The summed E-state index contributed by atoms with van der Waals surface area (Å²) in [4.78, 5) is 32.7. The molecule has 1 fully saturated rings. The molecule has 0 unspecified atom stereocenters. The molecular weight excluding hydrogens is 478 g/mol. The lowest BCUT2D eigenvalue weighted by Crippen LogP contribution is -2.46. The van der Waals surface area contributed by atoms with Crippen LogP contribution in [0.15, 0.2) is 84.9 Å². The summed E-state index contributed by atoms with van der Waals surface area (Å²) in [5.41, 5.74) is 4.98. The monoisotopic (exact) mass is 509 g/mol. The maximum Gasteiger partial charge on any atom is 0.278 e. The van der Waals surface area contributed by atoms with Crippen molar-refractivity contribution in [2.75, 3.05) is 46.3 Å². The van der Waals surface area contributed by atoms with Crippen molar-refractivity contribution in [3.8, 4) is 33.6 Å². The fourth-order valence-corrected chi connectivity index (χ4v) is 4.81. The van der Waals surface area contributed by atoms with E-state index in [0.29, 0.717) is 23.4 Å². The number of amides is 1. The number of aromatic amines is 1. The Labute approximate surface area is 222 Å². The van der Waals surface area contributed by atoms with Crippen molar-refractivity contribution in [3.05, 3.63) is 101 Å². The zero-order valence-corrected chi connectivity index (χ0v) is 21.4. The maximum absolute atomic E-state index is 13.4. The van der Waals surface area contributed by atoms with Crippen molar-refractivity contribution in [3.63, 3.8) is 0 Å². The number of H-pyrrole nitrogens is 1. The van der Waals surface area contributed by atoms with Crippen LogP contribution in [0.2, 0.25) is 0 Å². The Kier molecular flexibility index (Phi) is 7.62. The topological polar surface area (TPSA) is 94.5 Å². The Hall–Kier alpha value is -4.27. The minimum absolute atomic E-state index is 0.0492. The van der Waals surface area contributed by atoms with Crippen LogP contribution in [-0.4, -0.2) is 71.9 Å². The first kappa shape index (κ1) is 25.4. The number of carbonyl (C=O) groups excluding carboxylic acids is 1. The van der Waals surface area contributed by atoms with Crippen LogP contribution in [0.25, 0.3) is 33.6 Å². The van der Waals surface area contributed by atoms with Crippen LogP contribution in [0.4, 0.5) is 5.69 Å². The number of nitrogens with one attached hydrogen (secondary N) is 2. The summed E-state index contributed by atoms with van der Waals surface area (Å²) < 4.78 is 0. The van der Waals surface area contributed by atoms with Gasteiger partial charge in [0.25, 0.3) is 11.6 Å². The molecule has 8 heteroatoms. The molecule has 0 radical (unpaired) electrons. The van der Waals surface area contributed by atoms with E-state index < -0.39 is 4.92 Å². The van der Waals surface area contributed by atoms with Crippen molar-refractivity contribution < 1.29 is 9.72 Å². The summed E-state index contributed by atoms with van der Waals surface area (Å²) in [5, 5.41) is 14.8. The summed E-state index contributed by atoms with van der Waals surface area (Å²) in [6.07, 6.45) is 0. The molecule has 0 atom stereocenters. The van der Waals surface area contributed by atoms with Crippen molar-refractivity contribution in [1.82, 2.24) is 20.1 Å². The Morgan fingerprint density at radius 3 is 2.24 bits per heavy atom. The van der Waals surface area contributed by atoms with Gasteiger partial charge in [-0.3, -0.25) is 19.8 Å². The molecule has 5 rings (SSSR count). The molecule has 1 aliphatic rings. The third kappa shape index (κ3) is 5.66. The molecule has 0 aliphatic carbocycles. The second-order valence-electron chi connectivity index (χ2n) is 9.59. The number of hydrogen-bond donors (Lipinski definition) is 2. The number of benzene rings is 3. The summed E-state index contributed by atoms with van der Waals surface area (Å²) >= 11 is 0. The average Bonchev–Trinajstić information content (AvgIpc) is 3.40. The van der Waals surface area contributed by atoms with Gasteiger partial charge in [-0.05, 0) is 35.9 Å². The summed E-state index contributed by atoms with van der Waals surface area (Å²) in [6, 6.07) is 26.4. The molecular formula is C30H31N5O3. The number of aromatic nitrogens is 1. The van der Waals surface area contributed by atoms with E-state index in [2.05, 4.69) is 39.3 Å². The quantitative estimate of drug-likeness (QED) is 0.260. The van der Waals surface area contributed by atoms with E-state index in [4.69, 9.17) is 0 Å². The first-order chi connectivity index (χ1) is 18.5. The van der Waals surface area contributed by atoms with E-state index in [0.717, 1.165) is 55.1 Å². The number of nitro groups is 1. The standard InChI is InChI=1S/C30H31N5O3/c1-33-17-19-34(20-18-33)16-15-31-30(36)26-21-27(32-29(26)25-9-5-6-10-28(25)35(37)38)24-13-11-23(12-14-24)22-7-3-2-4-8-22/h2-14,21,32H,15-20H2,1H3,(H,31,36). The lowest BCUT2D eigenvalue weighted by molar-refractivity contribution is -0.384. The lowest BCUT2D eigenvalue weighted by atomic mass is 10.0. The highest BCUT2D eigenvalue weighted by atomic mass is 16.6. The SMILES string of the molecule is CN1CCN(CCNC(=O)c2cc(-c3ccc(-c4ccccc4)cc3)[nH]c2-c2ccccc2[N+](=O)[O-])CC1. The van der Waals surface area contributed by atoms with Crippen LogP contribution < -0.4 is 5.32 Å². The fraction of sp³-hybridized carbons (Fsp3) is 0.233. The van der Waals surface area contributed by atoms with Gasteiger partial charge in [0, 0.05) is 51.0 Å². The van der Waals surface area contributed by atoms with Gasteiger partial charge < -0.3 is 15.2 Å². The molecule has 2 N–H and O–H groups in total. The molecule has 194 valence electrons. The van der Waals surface area contributed by atoms with E-state index in [9.17, 15) is 14.9 Å². The smallest absolute Gasteiger partial charge is 0.278 e. The van der Waals surface area contributed by atoms with Crippen LogP contribution in [0.1, 0.15) is 10.4 Å². The highest BCUT2D eigenvalue weighted by Gasteiger charge is 2.24. The second-order valence-corrected chi connectivity index (χ2v) is 9.59. The number of para-hydroxylation sites is 1. The number of hydrogen-bond acceptors (Lipinski definition) is 5. The third-order valence-electron chi connectivity index (χ3n) is 7.04. The molecule has 3 aromatic carbocycles. The van der Waals surface area contributed by atoms with Gasteiger partial charge in [0.1, 0.15) is 0 Å². The Bertz CT molecular complexity index is 1410. The molecule has 1 aliphatic heterocycles. The number of nitro benzene ring substituents is 1. The van der Waals surface area contributed by atoms with E-state index >= 15 is 0 Å². The summed E-state index contributed by atoms with van der Waals surface area (Å²) in [5.74, 6) is -0.254. The van der Waals surface area contributed by atoms with E-state index in [1.807, 2.05) is 42.5 Å². The van der Waals surface area contributed by atoms with E-state index in [1.165, 1.54) is 6.07 Å². The molecule has 38 heavy (non-hydrogen) atoms. The van der Waals surface area contributed by atoms with Crippen LogP contribution in [0.5, 0.6) is 0 Å². The van der Waals surface area contributed by atoms with Gasteiger partial charge in [-0.1, -0.05) is 66.7 Å². The lowest BCUT2D eigenvalue weighted by Gasteiger charge is -2.32. The van der Waals surface area contributed by atoms with Crippen molar-refractivity contribution in [2.24, 2.45) is 0 Å². The second kappa shape index (κ2) is 11.4. The predicted molar refractivity (Wildman–Crippen MR) is 150 cm³/mol. The zero-order chi connectivity index (χ0) is 26.5. The zero-order valence-electron chi connectivity index (χ0n) is 21.4. The van der Waals surface area contributed by atoms with Gasteiger partial charge in [0.05, 0.1) is 21.7 Å². The van der Waals surface area contributed by atoms with Crippen molar-refractivity contribution >= 4 is 11.6 Å². The molecule has 0 saturated carbocycles. The Balaban J connectivity index is 1.42. The van der Waals surface area contributed by atoms with Gasteiger partial charge >= 0.3 is 0 Å². The molecule has 1 amide bonds. The minimum Gasteiger partial charge on any atom is -0.354 e. The highest BCUT2D eigenvalue weighted by molar-refractivity contribution is 6.02. The maximum atomic E-state index is 13.4. The summed E-state index contributed by atoms with van der Waals surface area (Å²) in [6.45, 7) is 5.24. The third-order valence-corrected chi connectivity index (χ3v) is 7.04. The van der Waals surface area contributed by atoms with Gasteiger partial charge in [0.2, 0.25) is 0 Å². The normalized spacial score (nSPS) is 14.3. The summed E-state index contributed by atoms with van der Waals surface area (Å²) in [7, 11) is 2.11. The number of nitrogens with zero attached hydrogens (tertiary/aromatic N) is 3. The van der Waals surface area contributed by atoms with Gasteiger partial charge in [-0.2, -0.15) is 0 Å². The van der Waals surface area contributed by atoms with Gasteiger partial charge in [-0.25, -0.2) is 0 Å². The number of likely N-dealkylation sites (N-methyl/N-ethyl adjacent to an activating group) is 1. The van der Waals surface area contributed by atoms with Gasteiger partial charge in [-0.15, -0.1) is 0 Å². The highest BCUT2D eigenvalue weighted by Crippen LogP contribution is 2.35. The van der Waals surface area contributed by atoms with Crippen LogP contribution in [-0.2, 0) is 0 Å². The number of piperazine rings is 1. The fourth-order valence-electron chi connectivity index (χ4n) is 4.81. The van der Waals surface area contributed by atoms with Crippen LogP contribution in [0, 0.1) is 10.1 Å².